The third kappa shape index (κ3) is 3.95. The molecule has 2 aliphatic rings. The van der Waals surface area contributed by atoms with Crippen molar-refractivity contribution in [2.75, 3.05) is 13.1 Å². The van der Waals surface area contributed by atoms with Gasteiger partial charge >= 0.3 is 0 Å². The number of piperidine rings is 2. The molecule has 19 heavy (non-hydrogen) atoms. The molecule has 2 fully saturated rings. The molecule has 2 rings (SSSR count). The van der Waals surface area contributed by atoms with Gasteiger partial charge in [-0.1, -0.05) is 20.3 Å². The molecule has 2 aliphatic heterocycles. The molecule has 4 atom stereocenters. The van der Waals surface area contributed by atoms with Gasteiger partial charge in [0.1, 0.15) is 0 Å². The van der Waals surface area contributed by atoms with Crippen molar-refractivity contribution >= 4 is 5.91 Å². The third-order valence-electron chi connectivity index (χ3n) is 5.04. The first kappa shape index (κ1) is 14.8. The predicted molar refractivity (Wildman–Crippen MR) is 79.0 cm³/mol. The molecule has 2 saturated heterocycles. The smallest absolute Gasteiger partial charge is 0.222 e. The molecule has 0 radical (unpaired) electrons. The monoisotopic (exact) mass is 266 g/mol. The van der Waals surface area contributed by atoms with E-state index < -0.39 is 0 Å². The van der Waals surface area contributed by atoms with E-state index in [0.717, 1.165) is 25.9 Å². The van der Waals surface area contributed by atoms with Gasteiger partial charge < -0.3 is 10.2 Å². The van der Waals surface area contributed by atoms with Crippen LogP contribution in [0.4, 0.5) is 0 Å². The Morgan fingerprint density at radius 2 is 2.05 bits per heavy atom. The molecular formula is C16H30N2O. The molecule has 2 heterocycles. The maximum absolute atomic E-state index is 12.4. The van der Waals surface area contributed by atoms with E-state index in [9.17, 15) is 4.79 Å². The van der Waals surface area contributed by atoms with Gasteiger partial charge in [-0.15, -0.1) is 0 Å². The number of hydrogen-bond acceptors (Lipinski definition) is 2. The van der Waals surface area contributed by atoms with Gasteiger partial charge in [0.25, 0.3) is 0 Å². The van der Waals surface area contributed by atoms with E-state index >= 15 is 0 Å². The summed E-state index contributed by atoms with van der Waals surface area (Å²) in [4.78, 5) is 14.6. The van der Waals surface area contributed by atoms with E-state index in [1.807, 2.05) is 0 Å². The first-order valence-corrected chi connectivity index (χ1v) is 8.10. The van der Waals surface area contributed by atoms with Crippen LogP contribution in [-0.2, 0) is 4.79 Å². The number of amides is 1. The Bertz CT molecular complexity index is 299. The second-order valence-electron chi connectivity index (χ2n) is 6.79. The minimum absolute atomic E-state index is 0.373. The number of likely N-dealkylation sites (tertiary alicyclic amines) is 1. The Morgan fingerprint density at radius 1 is 1.26 bits per heavy atom. The fourth-order valence-corrected chi connectivity index (χ4v) is 3.66. The van der Waals surface area contributed by atoms with Crippen LogP contribution in [-0.4, -0.2) is 36.0 Å². The summed E-state index contributed by atoms with van der Waals surface area (Å²) in [7, 11) is 0. The van der Waals surface area contributed by atoms with Crippen LogP contribution in [0.3, 0.4) is 0 Å². The molecule has 0 saturated carbocycles. The zero-order valence-corrected chi connectivity index (χ0v) is 12.8. The summed E-state index contributed by atoms with van der Waals surface area (Å²) in [6, 6.07) is 0.996. The zero-order valence-electron chi connectivity index (χ0n) is 12.8. The van der Waals surface area contributed by atoms with Gasteiger partial charge in [-0.25, -0.2) is 0 Å². The van der Waals surface area contributed by atoms with Crippen molar-refractivity contribution in [3.63, 3.8) is 0 Å². The molecule has 110 valence electrons. The number of carbonyl (C=O) groups excluding carboxylic acids is 1. The van der Waals surface area contributed by atoms with Crippen molar-refractivity contribution in [3.8, 4) is 0 Å². The molecule has 0 aromatic rings. The van der Waals surface area contributed by atoms with E-state index in [1.54, 1.807) is 0 Å². The number of carbonyl (C=O) groups is 1. The Hall–Kier alpha value is -0.570. The van der Waals surface area contributed by atoms with Crippen molar-refractivity contribution in [2.45, 2.75) is 71.4 Å². The molecule has 4 unspecified atom stereocenters. The molecule has 0 aliphatic carbocycles. The van der Waals surface area contributed by atoms with Crippen LogP contribution in [0.25, 0.3) is 0 Å². The SMILES string of the molecule is CC1CC(C)C(C)N(C(=O)CCC2CCCCN2)C1. The molecule has 0 spiro atoms. The van der Waals surface area contributed by atoms with E-state index in [1.165, 1.54) is 25.7 Å². The summed E-state index contributed by atoms with van der Waals surface area (Å²) >= 11 is 0. The van der Waals surface area contributed by atoms with Crippen molar-refractivity contribution < 1.29 is 4.79 Å². The zero-order chi connectivity index (χ0) is 13.8. The van der Waals surface area contributed by atoms with E-state index in [-0.39, 0.29) is 0 Å². The lowest BCUT2D eigenvalue weighted by Crippen LogP contribution is -2.49. The summed E-state index contributed by atoms with van der Waals surface area (Å²) in [5.74, 6) is 1.67. The third-order valence-corrected chi connectivity index (χ3v) is 5.04. The summed E-state index contributed by atoms with van der Waals surface area (Å²) in [6.45, 7) is 8.86. The van der Waals surface area contributed by atoms with Crippen LogP contribution in [0.15, 0.2) is 0 Å². The Labute approximate surface area is 118 Å². The fraction of sp³-hybridized carbons (Fsp3) is 0.938. The van der Waals surface area contributed by atoms with Crippen molar-refractivity contribution in [2.24, 2.45) is 11.8 Å². The molecular weight excluding hydrogens is 236 g/mol. The number of hydrogen-bond donors (Lipinski definition) is 1. The standard InChI is InChI=1S/C16H30N2O/c1-12-10-13(2)14(3)18(11-12)16(19)8-7-15-6-4-5-9-17-15/h12-15,17H,4-11H2,1-3H3. The van der Waals surface area contributed by atoms with Gasteiger partial charge in [0, 0.05) is 25.0 Å². The molecule has 0 aromatic carbocycles. The Morgan fingerprint density at radius 3 is 2.74 bits per heavy atom. The first-order valence-electron chi connectivity index (χ1n) is 8.10. The molecule has 3 heteroatoms. The number of nitrogens with zero attached hydrogens (tertiary/aromatic N) is 1. The van der Waals surface area contributed by atoms with Crippen LogP contribution >= 0.6 is 0 Å². The quantitative estimate of drug-likeness (QED) is 0.852. The van der Waals surface area contributed by atoms with Crippen LogP contribution < -0.4 is 5.32 Å². The van der Waals surface area contributed by atoms with E-state index in [4.69, 9.17) is 0 Å². The average molecular weight is 266 g/mol. The fourth-order valence-electron chi connectivity index (χ4n) is 3.66. The summed E-state index contributed by atoms with van der Waals surface area (Å²) in [5.41, 5.74) is 0. The lowest BCUT2D eigenvalue weighted by atomic mass is 9.85. The maximum atomic E-state index is 12.4. The number of rotatable bonds is 3. The lowest BCUT2D eigenvalue weighted by molar-refractivity contribution is -0.137. The molecule has 0 aromatic heterocycles. The highest BCUT2D eigenvalue weighted by molar-refractivity contribution is 5.76. The van der Waals surface area contributed by atoms with Crippen LogP contribution in [0.2, 0.25) is 0 Å². The maximum Gasteiger partial charge on any atom is 0.222 e. The van der Waals surface area contributed by atoms with Crippen LogP contribution in [0, 0.1) is 11.8 Å². The van der Waals surface area contributed by atoms with Crippen LogP contribution in [0.5, 0.6) is 0 Å². The highest BCUT2D eigenvalue weighted by Gasteiger charge is 2.31. The van der Waals surface area contributed by atoms with Gasteiger partial charge in [0.2, 0.25) is 5.91 Å². The summed E-state index contributed by atoms with van der Waals surface area (Å²) < 4.78 is 0. The average Bonchev–Trinajstić information content (AvgIpc) is 2.41. The van der Waals surface area contributed by atoms with Gasteiger partial charge in [-0.05, 0) is 51.0 Å². The molecule has 0 bridgehead atoms. The normalized spacial score (nSPS) is 36.3. The Balaban J connectivity index is 1.81. The molecule has 3 nitrogen and oxygen atoms in total. The highest BCUT2D eigenvalue weighted by Crippen LogP contribution is 2.27. The molecule has 1 amide bonds. The second-order valence-corrected chi connectivity index (χ2v) is 6.79. The summed E-state index contributed by atoms with van der Waals surface area (Å²) in [6.07, 6.45) is 6.86. The number of nitrogens with one attached hydrogen (secondary N) is 1. The minimum Gasteiger partial charge on any atom is -0.339 e. The van der Waals surface area contributed by atoms with Gasteiger partial charge in [-0.2, -0.15) is 0 Å². The Kier molecular flexibility index (Phi) is 5.26. The molecule has 1 N–H and O–H groups in total. The first-order chi connectivity index (χ1) is 9.08. The van der Waals surface area contributed by atoms with E-state index in [2.05, 4.69) is 31.0 Å². The van der Waals surface area contributed by atoms with Crippen molar-refractivity contribution in [3.05, 3.63) is 0 Å². The topological polar surface area (TPSA) is 32.3 Å². The largest absolute Gasteiger partial charge is 0.339 e. The van der Waals surface area contributed by atoms with Gasteiger partial charge in [-0.3, -0.25) is 4.79 Å². The van der Waals surface area contributed by atoms with Crippen LogP contribution in [0.1, 0.15) is 59.3 Å². The minimum atomic E-state index is 0.373. The highest BCUT2D eigenvalue weighted by atomic mass is 16.2. The van der Waals surface area contributed by atoms with Crippen molar-refractivity contribution in [1.29, 1.82) is 0 Å². The van der Waals surface area contributed by atoms with Gasteiger partial charge in [0.15, 0.2) is 0 Å². The van der Waals surface area contributed by atoms with Crippen molar-refractivity contribution in [1.82, 2.24) is 10.2 Å². The summed E-state index contributed by atoms with van der Waals surface area (Å²) in [5, 5.41) is 3.54. The second kappa shape index (κ2) is 6.74. The van der Waals surface area contributed by atoms with E-state index in [0.29, 0.717) is 29.8 Å². The predicted octanol–water partition coefficient (Wildman–Crippen LogP) is 2.80. The lowest BCUT2D eigenvalue weighted by Gasteiger charge is -2.41. The van der Waals surface area contributed by atoms with Gasteiger partial charge in [0.05, 0.1) is 0 Å².